The summed E-state index contributed by atoms with van der Waals surface area (Å²) in [5.41, 5.74) is 1.19. The fourth-order valence-electron chi connectivity index (χ4n) is 3.04. The van der Waals surface area contributed by atoms with Gasteiger partial charge in [-0.3, -0.25) is 9.52 Å². The molecule has 0 saturated carbocycles. The molecule has 7 nitrogen and oxygen atoms in total. The van der Waals surface area contributed by atoms with Gasteiger partial charge in [0.2, 0.25) is 5.91 Å². The van der Waals surface area contributed by atoms with Crippen molar-refractivity contribution >= 4 is 27.3 Å². The average molecular weight is 404 g/mol. The van der Waals surface area contributed by atoms with Crippen LogP contribution in [-0.4, -0.2) is 34.1 Å². The molecule has 1 saturated heterocycles. The van der Waals surface area contributed by atoms with Crippen molar-refractivity contribution in [2.24, 2.45) is 0 Å². The number of hydrogen-bond donors (Lipinski definition) is 1. The predicted octanol–water partition coefficient (Wildman–Crippen LogP) is 3.41. The maximum Gasteiger partial charge on any atom is 0.262 e. The standard InChI is InChI=1S/C20H24N2O5S/c1-3-26-18-12-11-17(14-19(18)27-4-2)28(24,25)21-15-7-9-16(10-8-15)22-13-5-6-20(22)23/h7-12,14,21H,3-6,13H2,1-2H3. The molecule has 28 heavy (non-hydrogen) atoms. The second kappa shape index (κ2) is 8.52. The number of rotatable bonds is 8. The molecule has 1 aliphatic rings. The molecule has 150 valence electrons. The molecule has 3 rings (SSSR count). The predicted molar refractivity (Wildman–Crippen MR) is 108 cm³/mol. The van der Waals surface area contributed by atoms with Gasteiger partial charge in [-0.05, 0) is 56.7 Å². The van der Waals surface area contributed by atoms with Crippen LogP contribution in [0.3, 0.4) is 0 Å². The third-order valence-corrected chi connectivity index (χ3v) is 5.71. The molecule has 1 N–H and O–H groups in total. The highest BCUT2D eigenvalue weighted by Crippen LogP contribution is 2.31. The van der Waals surface area contributed by atoms with E-state index in [1.807, 2.05) is 13.8 Å². The number of nitrogens with zero attached hydrogens (tertiary/aromatic N) is 1. The van der Waals surface area contributed by atoms with Crippen LogP contribution < -0.4 is 19.1 Å². The number of carbonyl (C=O) groups excluding carboxylic acids is 1. The van der Waals surface area contributed by atoms with E-state index < -0.39 is 10.0 Å². The molecule has 1 amide bonds. The van der Waals surface area contributed by atoms with Crippen molar-refractivity contribution < 1.29 is 22.7 Å². The largest absolute Gasteiger partial charge is 0.490 e. The molecular formula is C20H24N2O5S. The lowest BCUT2D eigenvalue weighted by molar-refractivity contribution is -0.117. The highest BCUT2D eigenvalue weighted by molar-refractivity contribution is 7.92. The summed E-state index contributed by atoms with van der Waals surface area (Å²) in [4.78, 5) is 13.6. The average Bonchev–Trinajstić information content (AvgIpc) is 3.10. The summed E-state index contributed by atoms with van der Waals surface area (Å²) in [5.74, 6) is 0.976. The van der Waals surface area contributed by atoms with E-state index in [4.69, 9.17) is 9.47 Å². The Morgan fingerprint density at radius 3 is 2.29 bits per heavy atom. The molecule has 0 aliphatic carbocycles. The van der Waals surface area contributed by atoms with Gasteiger partial charge in [0.15, 0.2) is 11.5 Å². The van der Waals surface area contributed by atoms with Crippen molar-refractivity contribution in [3.8, 4) is 11.5 Å². The normalized spacial score (nSPS) is 14.2. The number of hydrogen-bond acceptors (Lipinski definition) is 5. The maximum atomic E-state index is 12.7. The Balaban J connectivity index is 1.79. The Bertz CT molecular complexity index is 942. The fourth-order valence-corrected chi connectivity index (χ4v) is 4.12. The van der Waals surface area contributed by atoms with E-state index in [0.29, 0.717) is 43.4 Å². The maximum absolute atomic E-state index is 12.7. The summed E-state index contributed by atoms with van der Waals surface area (Å²) >= 11 is 0. The molecule has 2 aromatic carbocycles. The minimum absolute atomic E-state index is 0.0817. The number of sulfonamides is 1. The van der Waals surface area contributed by atoms with E-state index in [2.05, 4.69) is 4.72 Å². The number of amides is 1. The third kappa shape index (κ3) is 4.39. The summed E-state index contributed by atoms with van der Waals surface area (Å²) in [7, 11) is -3.79. The molecular weight excluding hydrogens is 380 g/mol. The number of nitrogens with one attached hydrogen (secondary N) is 1. The topological polar surface area (TPSA) is 84.9 Å². The van der Waals surface area contributed by atoms with E-state index in [1.165, 1.54) is 12.1 Å². The monoisotopic (exact) mass is 404 g/mol. The first kappa shape index (κ1) is 20.0. The minimum Gasteiger partial charge on any atom is -0.490 e. The number of anilines is 2. The summed E-state index contributed by atoms with van der Waals surface area (Å²) in [5, 5.41) is 0. The smallest absolute Gasteiger partial charge is 0.262 e. The highest BCUT2D eigenvalue weighted by atomic mass is 32.2. The fraction of sp³-hybridized carbons (Fsp3) is 0.350. The molecule has 0 atom stereocenters. The molecule has 1 aliphatic heterocycles. The van der Waals surface area contributed by atoms with Crippen molar-refractivity contribution in [1.29, 1.82) is 0 Å². The molecule has 8 heteroatoms. The summed E-state index contributed by atoms with van der Waals surface area (Å²) < 4.78 is 39.0. The second-order valence-electron chi connectivity index (χ2n) is 6.28. The van der Waals surface area contributed by atoms with E-state index in [0.717, 1.165) is 12.1 Å². The Hall–Kier alpha value is -2.74. The third-order valence-electron chi connectivity index (χ3n) is 4.33. The molecule has 2 aromatic rings. The van der Waals surface area contributed by atoms with Crippen LogP contribution in [-0.2, 0) is 14.8 Å². The van der Waals surface area contributed by atoms with Gasteiger partial charge < -0.3 is 14.4 Å². The van der Waals surface area contributed by atoms with Crippen LogP contribution in [0.1, 0.15) is 26.7 Å². The van der Waals surface area contributed by atoms with Crippen LogP contribution in [0.5, 0.6) is 11.5 Å². The molecule has 1 fully saturated rings. The minimum atomic E-state index is -3.79. The second-order valence-corrected chi connectivity index (χ2v) is 7.96. The van der Waals surface area contributed by atoms with E-state index in [9.17, 15) is 13.2 Å². The van der Waals surface area contributed by atoms with E-state index >= 15 is 0 Å². The SMILES string of the molecule is CCOc1ccc(S(=O)(=O)Nc2ccc(N3CCCC3=O)cc2)cc1OCC. The Morgan fingerprint density at radius 1 is 1.00 bits per heavy atom. The summed E-state index contributed by atoms with van der Waals surface area (Å²) in [6.07, 6.45) is 1.39. The van der Waals surface area contributed by atoms with Crippen molar-refractivity contribution in [1.82, 2.24) is 0 Å². The van der Waals surface area contributed by atoms with Gasteiger partial charge in [-0.2, -0.15) is 0 Å². The van der Waals surface area contributed by atoms with Gasteiger partial charge in [-0.1, -0.05) is 0 Å². The van der Waals surface area contributed by atoms with Gasteiger partial charge in [0.25, 0.3) is 10.0 Å². The van der Waals surface area contributed by atoms with Crippen molar-refractivity contribution in [2.45, 2.75) is 31.6 Å². The van der Waals surface area contributed by atoms with E-state index in [-0.39, 0.29) is 10.8 Å². The molecule has 0 aromatic heterocycles. The van der Waals surface area contributed by atoms with Crippen molar-refractivity contribution in [3.63, 3.8) is 0 Å². The Kier molecular flexibility index (Phi) is 6.08. The van der Waals surface area contributed by atoms with Crippen LogP contribution in [0, 0.1) is 0 Å². The molecule has 0 radical (unpaired) electrons. The van der Waals surface area contributed by atoms with Crippen LogP contribution in [0.15, 0.2) is 47.4 Å². The van der Waals surface area contributed by atoms with Crippen LogP contribution in [0.25, 0.3) is 0 Å². The molecule has 0 bridgehead atoms. The number of benzene rings is 2. The zero-order chi connectivity index (χ0) is 20.1. The first-order chi connectivity index (χ1) is 13.4. The number of ether oxygens (including phenoxy) is 2. The van der Waals surface area contributed by atoms with Crippen LogP contribution >= 0.6 is 0 Å². The quantitative estimate of drug-likeness (QED) is 0.729. The highest BCUT2D eigenvalue weighted by Gasteiger charge is 2.22. The number of carbonyl (C=O) groups is 1. The summed E-state index contributed by atoms with van der Waals surface area (Å²) in [6.45, 7) is 5.21. The lowest BCUT2D eigenvalue weighted by Gasteiger charge is -2.16. The van der Waals surface area contributed by atoms with Gasteiger partial charge in [0.1, 0.15) is 0 Å². The van der Waals surface area contributed by atoms with Crippen molar-refractivity contribution in [3.05, 3.63) is 42.5 Å². The Morgan fingerprint density at radius 2 is 1.68 bits per heavy atom. The lowest BCUT2D eigenvalue weighted by atomic mass is 10.2. The van der Waals surface area contributed by atoms with Gasteiger partial charge in [0.05, 0.1) is 18.1 Å². The molecule has 1 heterocycles. The van der Waals surface area contributed by atoms with E-state index in [1.54, 1.807) is 35.2 Å². The van der Waals surface area contributed by atoms with Gasteiger partial charge in [0, 0.05) is 30.4 Å². The zero-order valence-corrected chi connectivity index (χ0v) is 16.8. The molecule has 0 unspecified atom stereocenters. The van der Waals surface area contributed by atoms with Gasteiger partial charge in [-0.15, -0.1) is 0 Å². The van der Waals surface area contributed by atoms with Gasteiger partial charge in [-0.25, -0.2) is 8.42 Å². The van der Waals surface area contributed by atoms with Crippen LogP contribution in [0.4, 0.5) is 11.4 Å². The first-order valence-corrected chi connectivity index (χ1v) is 10.8. The first-order valence-electron chi connectivity index (χ1n) is 9.27. The zero-order valence-electron chi connectivity index (χ0n) is 16.0. The lowest BCUT2D eigenvalue weighted by Crippen LogP contribution is -2.23. The molecule has 0 spiro atoms. The van der Waals surface area contributed by atoms with Gasteiger partial charge >= 0.3 is 0 Å². The van der Waals surface area contributed by atoms with Crippen LogP contribution in [0.2, 0.25) is 0 Å². The summed E-state index contributed by atoms with van der Waals surface area (Å²) in [6, 6.07) is 11.3. The van der Waals surface area contributed by atoms with Crippen molar-refractivity contribution in [2.75, 3.05) is 29.4 Å². The Labute approximate surface area is 165 Å².